The SMILES string of the molecule is CC(C)=CCCC(C)NC[C@@H]1C[C@H](F)CN1c1nnc(C)o1. The van der Waals surface area contributed by atoms with Crippen LogP contribution in [0.1, 0.15) is 45.9 Å². The molecule has 0 radical (unpaired) electrons. The van der Waals surface area contributed by atoms with Crippen LogP contribution in [-0.2, 0) is 0 Å². The van der Waals surface area contributed by atoms with Crippen LogP contribution in [0.3, 0.4) is 0 Å². The maximum Gasteiger partial charge on any atom is 0.318 e. The standard InChI is InChI=1S/C16H27FN4O/c1-11(2)6-5-7-12(3)18-9-15-8-14(17)10-21(15)16-20-19-13(4)22-16/h6,12,14-15,18H,5,7-10H2,1-4H3/t12?,14-,15-/m0/s1. The molecule has 2 heterocycles. The zero-order valence-corrected chi connectivity index (χ0v) is 14.0. The second kappa shape index (κ2) is 7.72. The summed E-state index contributed by atoms with van der Waals surface area (Å²) >= 11 is 0. The van der Waals surface area contributed by atoms with Gasteiger partial charge in [-0.2, -0.15) is 0 Å². The molecule has 1 aromatic heterocycles. The highest BCUT2D eigenvalue weighted by Crippen LogP contribution is 2.26. The predicted octanol–water partition coefficient (Wildman–Crippen LogP) is 3.02. The average Bonchev–Trinajstić information content (AvgIpc) is 3.02. The zero-order valence-electron chi connectivity index (χ0n) is 14.0. The van der Waals surface area contributed by atoms with E-state index in [0.29, 0.717) is 30.9 Å². The number of nitrogens with zero attached hydrogens (tertiary/aromatic N) is 3. The highest BCUT2D eigenvalue weighted by molar-refractivity contribution is 5.30. The summed E-state index contributed by atoms with van der Waals surface area (Å²) in [5.41, 5.74) is 1.35. The lowest BCUT2D eigenvalue weighted by Crippen LogP contribution is -2.41. The number of aryl methyl sites for hydroxylation is 1. The molecule has 6 heteroatoms. The minimum absolute atomic E-state index is 0.0701. The van der Waals surface area contributed by atoms with Gasteiger partial charge < -0.3 is 14.6 Å². The van der Waals surface area contributed by atoms with E-state index in [1.54, 1.807) is 6.92 Å². The molecule has 1 saturated heterocycles. The second-order valence-electron chi connectivity index (χ2n) is 6.41. The number of hydrogen-bond donors (Lipinski definition) is 1. The Morgan fingerprint density at radius 2 is 2.27 bits per heavy atom. The maximum absolute atomic E-state index is 13.8. The van der Waals surface area contributed by atoms with E-state index >= 15 is 0 Å². The Morgan fingerprint density at radius 1 is 1.50 bits per heavy atom. The topological polar surface area (TPSA) is 54.2 Å². The Balaban J connectivity index is 1.83. The van der Waals surface area contributed by atoms with Crippen molar-refractivity contribution in [3.8, 4) is 0 Å². The minimum Gasteiger partial charge on any atom is -0.408 e. The lowest BCUT2D eigenvalue weighted by molar-refractivity contribution is 0.352. The van der Waals surface area contributed by atoms with Crippen LogP contribution in [0.4, 0.5) is 10.4 Å². The molecule has 5 nitrogen and oxygen atoms in total. The Hall–Kier alpha value is -1.43. The molecule has 1 N–H and O–H groups in total. The molecule has 1 aromatic rings. The number of alkyl halides is 1. The minimum atomic E-state index is -0.833. The average molecular weight is 310 g/mol. The van der Waals surface area contributed by atoms with Crippen molar-refractivity contribution in [3.63, 3.8) is 0 Å². The van der Waals surface area contributed by atoms with Gasteiger partial charge in [-0.15, -0.1) is 5.10 Å². The van der Waals surface area contributed by atoms with E-state index in [-0.39, 0.29) is 6.04 Å². The summed E-state index contributed by atoms with van der Waals surface area (Å²) in [5.74, 6) is 0.513. The number of rotatable bonds is 7. The molecule has 124 valence electrons. The summed E-state index contributed by atoms with van der Waals surface area (Å²) < 4.78 is 19.2. The molecule has 2 rings (SSSR count). The molecule has 0 saturated carbocycles. The van der Waals surface area contributed by atoms with E-state index in [1.165, 1.54) is 5.57 Å². The van der Waals surface area contributed by atoms with Crippen LogP contribution in [0.5, 0.6) is 0 Å². The van der Waals surface area contributed by atoms with Gasteiger partial charge in [-0.05, 0) is 33.6 Å². The van der Waals surface area contributed by atoms with Crippen LogP contribution in [0, 0.1) is 6.92 Å². The molecule has 1 unspecified atom stereocenters. The van der Waals surface area contributed by atoms with Gasteiger partial charge in [0.25, 0.3) is 0 Å². The normalized spacial score (nSPS) is 22.9. The lowest BCUT2D eigenvalue weighted by Gasteiger charge is -2.24. The van der Waals surface area contributed by atoms with Gasteiger partial charge in [0.2, 0.25) is 5.89 Å². The van der Waals surface area contributed by atoms with Crippen molar-refractivity contribution in [2.75, 3.05) is 18.0 Å². The van der Waals surface area contributed by atoms with E-state index in [9.17, 15) is 4.39 Å². The lowest BCUT2D eigenvalue weighted by atomic mass is 10.1. The first kappa shape index (κ1) is 16.9. The fraction of sp³-hybridized carbons (Fsp3) is 0.750. The number of anilines is 1. The van der Waals surface area contributed by atoms with Crippen LogP contribution < -0.4 is 10.2 Å². The van der Waals surface area contributed by atoms with Crippen molar-refractivity contribution in [1.29, 1.82) is 0 Å². The van der Waals surface area contributed by atoms with E-state index in [1.807, 2.05) is 4.90 Å². The molecular weight excluding hydrogens is 283 g/mol. The molecule has 1 fully saturated rings. The summed E-state index contributed by atoms with van der Waals surface area (Å²) in [4.78, 5) is 1.89. The Labute approximate surface area is 132 Å². The number of aromatic nitrogens is 2. The van der Waals surface area contributed by atoms with Crippen molar-refractivity contribution in [2.45, 2.75) is 65.2 Å². The van der Waals surface area contributed by atoms with E-state index in [4.69, 9.17) is 4.42 Å². The van der Waals surface area contributed by atoms with Gasteiger partial charge in [0.15, 0.2) is 0 Å². The van der Waals surface area contributed by atoms with Crippen LogP contribution >= 0.6 is 0 Å². The highest BCUT2D eigenvalue weighted by Gasteiger charge is 2.35. The number of hydrogen-bond acceptors (Lipinski definition) is 5. The third-order valence-corrected chi connectivity index (χ3v) is 3.98. The summed E-state index contributed by atoms with van der Waals surface area (Å²) in [5, 5.41) is 11.3. The van der Waals surface area contributed by atoms with Gasteiger partial charge >= 0.3 is 6.01 Å². The molecule has 1 aliphatic rings. The monoisotopic (exact) mass is 310 g/mol. The van der Waals surface area contributed by atoms with Crippen LogP contribution in [0.25, 0.3) is 0 Å². The van der Waals surface area contributed by atoms with Crippen molar-refractivity contribution in [1.82, 2.24) is 15.5 Å². The Bertz CT molecular complexity index is 498. The largest absolute Gasteiger partial charge is 0.408 e. The van der Waals surface area contributed by atoms with Crippen LogP contribution in [0.15, 0.2) is 16.1 Å². The zero-order chi connectivity index (χ0) is 16.1. The maximum atomic E-state index is 13.8. The van der Waals surface area contributed by atoms with E-state index in [0.717, 1.165) is 19.4 Å². The van der Waals surface area contributed by atoms with Gasteiger partial charge in [-0.3, -0.25) is 0 Å². The van der Waals surface area contributed by atoms with Gasteiger partial charge in [-0.25, -0.2) is 4.39 Å². The Kier molecular flexibility index (Phi) is 5.94. The molecule has 0 amide bonds. The molecule has 0 aliphatic carbocycles. The molecule has 1 aliphatic heterocycles. The van der Waals surface area contributed by atoms with Crippen LogP contribution in [0.2, 0.25) is 0 Å². The van der Waals surface area contributed by atoms with Crippen molar-refractivity contribution in [3.05, 3.63) is 17.5 Å². The van der Waals surface area contributed by atoms with Gasteiger partial charge in [0, 0.05) is 32.0 Å². The quantitative estimate of drug-likeness (QED) is 0.785. The van der Waals surface area contributed by atoms with Gasteiger partial charge in [-0.1, -0.05) is 16.7 Å². The predicted molar refractivity (Wildman–Crippen MR) is 85.8 cm³/mol. The van der Waals surface area contributed by atoms with Crippen molar-refractivity contribution < 1.29 is 8.81 Å². The van der Waals surface area contributed by atoms with Gasteiger partial charge in [0.05, 0.1) is 6.54 Å². The first-order valence-corrected chi connectivity index (χ1v) is 8.03. The Morgan fingerprint density at radius 3 is 2.91 bits per heavy atom. The molecule has 22 heavy (non-hydrogen) atoms. The summed E-state index contributed by atoms with van der Waals surface area (Å²) in [6.45, 7) is 9.21. The fourth-order valence-corrected chi connectivity index (χ4v) is 2.75. The van der Waals surface area contributed by atoms with Crippen molar-refractivity contribution >= 4 is 6.01 Å². The van der Waals surface area contributed by atoms with Crippen molar-refractivity contribution in [2.24, 2.45) is 0 Å². The van der Waals surface area contributed by atoms with E-state index in [2.05, 4.69) is 42.4 Å². The highest BCUT2D eigenvalue weighted by atomic mass is 19.1. The second-order valence-corrected chi connectivity index (χ2v) is 6.41. The van der Waals surface area contributed by atoms with Gasteiger partial charge in [0.1, 0.15) is 6.17 Å². The smallest absolute Gasteiger partial charge is 0.318 e. The molecule has 0 bridgehead atoms. The molecular formula is C16H27FN4O. The summed E-state index contributed by atoms with van der Waals surface area (Å²) in [6, 6.07) is 0.905. The summed E-state index contributed by atoms with van der Waals surface area (Å²) in [7, 11) is 0. The first-order chi connectivity index (χ1) is 10.5. The molecule has 0 aromatic carbocycles. The third-order valence-electron chi connectivity index (χ3n) is 3.98. The summed E-state index contributed by atoms with van der Waals surface area (Å²) in [6.07, 6.45) is 4.07. The van der Waals surface area contributed by atoms with Crippen LogP contribution in [-0.4, -0.2) is 41.5 Å². The molecule has 3 atom stereocenters. The number of nitrogens with one attached hydrogen (secondary N) is 1. The number of halogens is 1. The molecule has 0 spiro atoms. The fourth-order valence-electron chi connectivity index (χ4n) is 2.75. The third kappa shape index (κ3) is 4.80. The van der Waals surface area contributed by atoms with E-state index < -0.39 is 6.17 Å². The first-order valence-electron chi connectivity index (χ1n) is 8.03. The number of allylic oxidation sites excluding steroid dienone is 2.